The quantitative estimate of drug-likeness (QED) is 0.348. The second-order valence-corrected chi connectivity index (χ2v) is 9.31. The highest BCUT2D eigenvalue weighted by Gasteiger charge is 2.36. The Morgan fingerprint density at radius 1 is 1.08 bits per heavy atom. The van der Waals surface area contributed by atoms with Crippen LogP contribution in [0.3, 0.4) is 0 Å². The third kappa shape index (κ3) is 7.05. The number of anilines is 2. The molecular weight excluding hydrogens is 501 g/mol. The van der Waals surface area contributed by atoms with E-state index >= 15 is 0 Å². The van der Waals surface area contributed by atoms with E-state index in [0.717, 1.165) is 12.1 Å². The molecule has 0 aliphatic carbocycles. The van der Waals surface area contributed by atoms with Crippen LogP contribution < -0.4 is 16.0 Å². The fourth-order valence-corrected chi connectivity index (χ4v) is 3.97. The molecule has 2 aromatic carbocycles. The minimum absolute atomic E-state index is 0.0298. The molecule has 0 saturated carbocycles. The van der Waals surface area contributed by atoms with Gasteiger partial charge in [-0.3, -0.25) is 4.90 Å². The van der Waals surface area contributed by atoms with Crippen molar-refractivity contribution in [3.63, 3.8) is 0 Å². The van der Waals surface area contributed by atoms with Crippen LogP contribution in [0.4, 0.5) is 34.1 Å². The molecule has 38 heavy (non-hydrogen) atoms. The molecule has 4 amide bonds. The van der Waals surface area contributed by atoms with E-state index in [1.165, 1.54) is 17.0 Å². The van der Waals surface area contributed by atoms with Crippen LogP contribution in [0.15, 0.2) is 59.8 Å². The smallest absolute Gasteiger partial charge is 0.416 e. The molecule has 1 atom stereocenters. The molecule has 0 fully saturated rings. The summed E-state index contributed by atoms with van der Waals surface area (Å²) >= 11 is 0. The normalized spacial score (nSPS) is 15.8. The lowest BCUT2D eigenvalue weighted by Gasteiger charge is -2.35. The average molecular weight is 533 g/mol. The maximum Gasteiger partial charge on any atom is 0.416 e. The van der Waals surface area contributed by atoms with Crippen LogP contribution in [0.5, 0.6) is 0 Å². The minimum Gasteiger partial charge on any atom is -0.462 e. The van der Waals surface area contributed by atoms with Gasteiger partial charge in [0.25, 0.3) is 0 Å². The van der Waals surface area contributed by atoms with Crippen molar-refractivity contribution in [2.45, 2.75) is 46.3 Å². The predicted octanol–water partition coefficient (Wildman–Crippen LogP) is 6.30. The average Bonchev–Trinajstić information content (AvgIpc) is 2.84. The molecule has 11 heteroatoms. The molecule has 0 aromatic heterocycles. The summed E-state index contributed by atoms with van der Waals surface area (Å²) in [6.07, 6.45) is -3.86. The van der Waals surface area contributed by atoms with Crippen molar-refractivity contribution in [1.29, 1.82) is 0 Å². The van der Waals surface area contributed by atoms with Gasteiger partial charge in [-0.25, -0.2) is 14.4 Å². The van der Waals surface area contributed by atoms with Gasteiger partial charge in [-0.2, -0.15) is 13.2 Å². The number of hydrogen-bond donors (Lipinski definition) is 3. The van der Waals surface area contributed by atoms with Crippen molar-refractivity contribution < 1.29 is 32.3 Å². The second kappa shape index (κ2) is 12.0. The number of urea groups is 2. The molecular formula is C27H31F3N4O4. The fraction of sp³-hybridized carbons (Fsp3) is 0.370. The Morgan fingerprint density at radius 2 is 1.71 bits per heavy atom. The standard InChI is InChI=1S/C27H31F3N4O4/c1-5-12-34-17(4)22(24(35)38-15-16(2)3)23(33-26(34)37)18-8-6-10-20(13-18)31-25(36)32-21-11-7-9-19(14-21)27(28,29)30/h6-11,13-14,16,23H,5,12,15H2,1-4H3,(H,33,37)(H2,31,32,36). The molecule has 204 valence electrons. The van der Waals surface area contributed by atoms with Crippen molar-refractivity contribution in [3.8, 4) is 0 Å². The number of halogens is 3. The van der Waals surface area contributed by atoms with E-state index in [-0.39, 0.29) is 29.8 Å². The Balaban J connectivity index is 1.85. The molecule has 0 radical (unpaired) electrons. The van der Waals surface area contributed by atoms with E-state index in [0.29, 0.717) is 29.9 Å². The third-order valence-corrected chi connectivity index (χ3v) is 5.74. The lowest BCUT2D eigenvalue weighted by Crippen LogP contribution is -2.48. The zero-order chi connectivity index (χ0) is 28.0. The van der Waals surface area contributed by atoms with Gasteiger partial charge >= 0.3 is 24.2 Å². The zero-order valence-corrected chi connectivity index (χ0v) is 21.6. The SMILES string of the molecule is CCCN1C(=O)NC(c2cccc(NC(=O)Nc3cccc(C(F)(F)F)c3)c2)C(C(=O)OCC(C)C)=C1C. The van der Waals surface area contributed by atoms with Gasteiger partial charge in [0.15, 0.2) is 0 Å². The van der Waals surface area contributed by atoms with Crippen LogP contribution in [0.25, 0.3) is 0 Å². The summed E-state index contributed by atoms with van der Waals surface area (Å²) in [6, 6.07) is 8.81. The first kappa shape index (κ1) is 28.5. The van der Waals surface area contributed by atoms with Crippen molar-refractivity contribution in [3.05, 3.63) is 70.9 Å². The van der Waals surface area contributed by atoms with Crippen molar-refractivity contribution in [2.24, 2.45) is 5.92 Å². The molecule has 0 bridgehead atoms. The molecule has 1 heterocycles. The Morgan fingerprint density at radius 3 is 2.32 bits per heavy atom. The maximum atomic E-state index is 13.1. The van der Waals surface area contributed by atoms with Gasteiger partial charge in [0.2, 0.25) is 0 Å². The summed E-state index contributed by atoms with van der Waals surface area (Å²) in [4.78, 5) is 39.9. The van der Waals surface area contributed by atoms with Crippen LogP contribution in [0.2, 0.25) is 0 Å². The van der Waals surface area contributed by atoms with Crippen molar-refractivity contribution in [2.75, 3.05) is 23.8 Å². The Bertz CT molecular complexity index is 1230. The first-order valence-corrected chi connectivity index (χ1v) is 12.2. The van der Waals surface area contributed by atoms with Crippen LogP contribution in [-0.2, 0) is 15.7 Å². The Kier molecular flexibility index (Phi) is 9.03. The number of nitrogens with zero attached hydrogens (tertiary/aromatic N) is 1. The van der Waals surface area contributed by atoms with Gasteiger partial charge in [-0.1, -0.05) is 39.0 Å². The highest BCUT2D eigenvalue weighted by Crippen LogP contribution is 2.33. The number of benzene rings is 2. The molecule has 1 aliphatic rings. The summed E-state index contributed by atoms with van der Waals surface area (Å²) in [5.41, 5.74) is 0.672. The first-order valence-electron chi connectivity index (χ1n) is 12.2. The largest absolute Gasteiger partial charge is 0.462 e. The number of amides is 4. The molecule has 8 nitrogen and oxygen atoms in total. The molecule has 3 N–H and O–H groups in total. The number of esters is 1. The molecule has 0 saturated heterocycles. The zero-order valence-electron chi connectivity index (χ0n) is 21.6. The fourth-order valence-electron chi connectivity index (χ4n) is 3.97. The van der Waals surface area contributed by atoms with E-state index in [1.54, 1.807) is 31.2 Å². The summed E-state index contributed by atoms with van der Waals surface area (Å²) in [5.74, 6) is -0.436. The number of rotatable bonds is 8. The summed E-state index contributed by atoms with van der Waals surface area (Å²) < 4.78 is 44.4. The van der Waals surface area contributed by atoms with E-state index < -0.39 is 29.8 Å². The Labute approximate surface area is 219 Å². The van der Waals surface area contributed by atoms with Crippen LogP contribution in [0, 0.1) is 5.92 Å². The van der Waals surface area contributed by atoms with E-state index in [1.807, 2.05) is 20.8 Å². The predicted molar refractivity (Wildman–Crippen MR) is 137 cm³/mol. The first-order chi connectivity index (χ1) is 17.9. The molecule has 1 aliphatic heterocycles. The van der Waals surface area contributed by atoms with Crippen molar-refractivity contribution >= 4 is 29.4 Å². The lowest BCUT2D eigenvalue weighted by atomic mass is 9.94. The topological polar surface area (TPSA) is 99.8 Å². The van der Waals surface area contributed by atoms with Gasteiger partial charge < -0.3 is 20.7 Å². The number of carbonyl (C=O) groups excluding carboxylic acids is 3. The van der Waals surface area contributed by atoms with Gasteiger partial charge in [0.1, 0.15) is 0 Å². The lowest BCUT2D eigenvalue weighted by molar-refractivity contribution is -0.141. The van der Waals surface area contributed by atoms with Crippen LogP contribution in [-0.4, -0.2) is 36.1 Å². The van der Waals surface area contributed by atoms with Gasteiger partial charge in [-0.15, -0.1) is 0 Å². The highest BCUT2D eigenvalue weighted by atomic mass is 19.4. The number of ether oxygens (including phenoxy) is 1. The van der Waals surface area contributed by atoms with Gasteiger partial charge in [-0.05, 0) is 55.2 Å². The number of alkyl halides is 3. The third-order valence-electron chi connectivity index (χ3n) is 5.74. The van der Waals surface area contributed by atoms with E-state index in [2.05, 4.69) is 16.0 Å². The summed E-state index contributed by atoms with van der Waals surface area (Å²) in [7, 11) is 0. The number of carbonyl (C=O) groups is 3. The van der Waals surface area contributed by atoms with E-state index in [4.69, 9.17) is 4.74 Å². The van der Waals surface area contributed by atoms with Gasteiger partial charge in [0.05, 0.1) is 23.8 Å². The summed E-state index contributed by atoms with van der Waals surface area (Å²) in [6.45, 7) is 8.07. The summed E-state index contributed by atoms with van der Waals surface area (Å²) in [5, 5.41) is 7.81. The molecule has 1 unspecified atom stereocenters. The maximum absolute atomic E-state index is 13.1. The number of allylic oxidation sites excluding steroid dienone is 1. The number of nitrogens with one attached hydrogen (secondary N) is 3. The molecule has 2 aromatic rings. The van der Waals surface area contributed by atoms with Crippen LogP contribution >= 0.6 is 0 Å². The van der Waals surface area contributed by atoms with E-state index in [9.17, 15) is 27.6 Å². The second-order valence-electron chi connectivity index (χ2n) is 9.31. The van der Waals surface area contributed by atoms with Gasteiger partial charge in [0, 0.05) is 23.6 Å². The number of hydrogen-bond acceptors (Lipinski definition) is 4. The van der Waals surface area contributed by atoms with Crippen LogP contribution in [0.1, 0.15) is 51.3 Å². The van der Waals surface area contributed by atoms with Crippen molar-refractivity contribution in [1.82, 2.24) is 10.2 Å². The molecule has 3 rings (SSSR count). The Hall–Kier alpha value is -4.02. The minimum atomic E-state index is -4.54. The monoisotopic (exact) mass is 532 g/mol. The highest BCUT2D eigenvalue weighted by molar-refractivity contribution is 6.00. The molecule has 0 spiro atoms.